The number of aromatic nitrogens is 1. The summed E-state index contributed by atoms with van der Waals surface area (Å²) in [6, 6.07) is 14.3. The molecule has 0 radical (unpaired) electrons. The zero-order chi connectivity index (χ0) is 16.8. The van der Waals surface area contributed by atoms with Crippen molar-refractivity contribution in [2.45, 2.75) is 44.7 Å². The molecule has 4 heteroatoms. The van der Waals surface area contributed by atoms with E-state index >= 15 is 0 Å². The average Bonchev–Trinajstić information content (AvgIpc) is 2.63. The Morgan fingerprint density at radius 1 is 1.17 bits per heavy atom. The summed E-state index contributed by atoms with van der Waals surface area (Å²) in [5, 5.41) is 3.55. The Kier molecular flexibility index (Phi) is 5.47. The molecular weight excluding hydrogens is 298 g/mol. The van der Waals surface area contributed by atoms with Gasteiger partial charge < -0.3 is 10.2 Å². The normalized spacial score (nSPS) is 15.0. The van der Waals surface area contributed by atoms with Gasteiger partial charge in [0, 0.05) is 31.5 Å². The largest absolute Gasteiger partial charge is 0.382 e. The summed E-state index contributed by atoms with van der Waals surface area (Å²) >= 11 is 0. The highest BCUT2D eigenvalue weighted by atomic mass is 16.2. The summed E-state index contributed by atoms with van der Waals surface area (Å²) in [6.07, 6.45) is 8.04. The van der Waals surface area contributed by atoms with Gasteiger partial charge in [-0.15, -0.1) is 0 Å². The van der Waals surface area contributed by atoms with Gasteiger partial charge in [-0.3, -0.25) is 9.78 Å². The maximum absolute atomic E-state index is 12.6. The van der Waals surface area contributed by atoms with Crippen LogP contribution >= 0.6 is 0 Å². The van der Waals surface area contributed by atoms with Gasteiger partial charge in [0.25, 0.3) is 5.91 Å². The number of pyridine rings is 1. The van der Waals surface area contributed by atoms with Gasteiger partial charge in [0.1, 0.15) is 5.69 Å². The highest BCUT2D eigenvalue weighted by Gasteiger charge is 2.16. The van der Waals surface area contributed by atoms with Crippen molar-refractivity contribution < 1.29 is 4.79 Å². The molecule has 1 amide bonds. The lowest BCUT2D eigenvalue weighted by Gasteiger charge is -2.24. The first-order valence-corrected chi connectivity index (χ1v) is 8.74. The van der Waals surface area contributed by atoms with Gasteiger partial charge in [-0.2, -0.15) is 0 Å². The van der Waals surface area contributed by atoms with Crippen molar-refractivity contribution >= 4 is 11.6 Å². The van der Waals surface area contributed by atoms with Crippen molar-refractivity contribution in [1.29, 1.82) is 0 Å². The van der Waals surface area contributed by atoms with Crippen LogP contribution in [0.4, 0.5) is 5.69 Å². The molecule has 0 atom stereocenters. The fourth-order valence-corrected chi connectivity index (χ4v) is 3.24. The van der Waals surface area contributed by atoms with Crippen LogP contribution in [-0.2, 0) is 6.54 Å². The Morgan fingerprint density at radius 2 is 1.92 bits per heavy atom. The number of hydrogen-bond donors (Lipinski definition) is 1. The number of carbonyl (C=O) groups is 1. The van der Waals surface area contributed by atoms with Gasteiger partial charge in [-0.05, 0) is 30.5 Å². The second kappa shape index (κ2) is 7.95. The number of carbonyl (C=O) groups excluding carboxylic acids is 1. The molecule has 1 N–H and O–H groups in total. The summed E-state index contributed by atoms with van der Waals surface area (Å²) in [7, 11) is 1.82. The van der Waals surface area contributed by atoms with E-state index in [-0.39, 0.29) is 5.91 Å². The van der Waals surface area contributed by atoms with E-state index in [9.17, 15) is 4.79 Å². The quantitative estimate of drug-likeness (QED) is 0.901. The molecule has 0 saturated heterocycles. The molecule has 0 bridgehead atoms. The summed E-state index contributed by atoms with van der Waals surface area (Å²) in [4.78, 5) is 18.6. The third-order valence-corrected chi connectivity index (χ3v) is 4.56. The van der Waals surface area contributed by atoms with E-state index in [4.69, 9.17) is 0 Å². The molecule has 0 unspecified atom stereocenters. The van der Waals surface area contributed by atoms with Crippen LogP contribution in [0.5, 0.6) is 0 Å². The Balaban J connectivity index is 1.64. The molecule has 1 saturated carbocycles. The Bertz CT molecular complexity index is 666. The van der Waals surface area contributed by atoms with Crippen LogP contribution in [0.3, 0.4) is 0 Å². The molecule has 0 spiro atoms. The minimum absolute atomic E-state index is 0.0499. The third kappa shape index (κ3) is 4.34. The van der Waals surface area contributed by atoms with Crippen LogP contribution in [0.2, 0.25) is 0 Å². The lowest BCUT2D eigenvalue weighted by atomic mass is 9.95. The molecule has 126 valence electrons. The molecule has 1 aliphatic rings. The van der Waals surface area contributed by atoms with Crippen LogP contribution in [-0.4, -0.2) is 28.9 Å². The van der Waals surface area contributed by atoms with Crippen molar-refractivity contribution in [2.24, 2.45) is 0 Å². The second-order valence-corrected chi connectivity index (χ2v) is 6.56. The van der Waals surface area contributed by atoms with E-state index < -0.39 is 0 Å². The van der Waals surface area contributed by atoms with Gasteiger partial charge in [0.15, 0.2) is 0 Å². The predicted molar refractivity (Wildman–Crippen MR) is 97.0 cm³/mol. The van der Waals surface area contributed by atoms with E-state index in [1.165, 1.54) is 32.1 Å². The number of nitrogens with one attached hydrogen (secondary N) is 1. The minimum Gasteiger partial charge on any atom is -0.382 e. The third-order valence-electron chi connectivity index (χ3n) is 4.56. The van der Waals surface area contributed by atoms with Crippen molar-refractivity contribution in [3.05, 3.63) is 59.9 Å². The van der Waals surface area contributed by atoms with Crippen LogP contribution < -0.4 is 5.32 Å². The van der Waals surface area contributed by atoms with Crippen LogP contribution in [0.25, 0.3) is 0 Å². The Morgan fingerprint density at radius 3 is 2.67 bits per heavy atom. The number of nitrogens with zero attached hydrogens (tertiary/aromatic N) is 2. The van der Waals surface area contributed by atoms with Crippen molar-refractivity contribution in [1.82, 2.24) is 9.88 Å². The number of rotatable bonds is 5. The second-order valence-electron chi connectivity index (χ2n) is 6.56. The number of anilines is 1. The minimum atomic E-state index is -0.0499. The van der Waals surface area contributed by atoms with Crippen LogP contribution in [0, 0.1) is 0 Å². The summed E-state index contributed by atoms with van der Waals surface area (Å²) in [5.74, 6) is -0.0499. The first-order valence-electron chi connectivity index (χ1n) is 8.74. The van der Waals surface area contributed by atoms with Gasteiger partial charge in [0.2, 0.25) is 0 Å². The van der Waals surface area contributed by atoms with Crippen LogP contribution in [0.1, 0.15) is 48.2 Å². The van der Waals surface area contributed by atoms with E-state index in [0.717, 1.165) is 11.3 Å². The lowest BCUT2D eigenvalue weighted by molar-refractivity contribution is 0.0779. The fraction of sp³-hybridized carbons (Fsp3) is 0.400. The van der Waals surface area contributed by atoms with Gasteiger partial charge in [-0.1, -0.05) is 49.6 Å². The average molecular weight is 323 g/mol. The Hall–Kier alpha value is -2.36. The maximum atomic E-state index is 12.6. The zero-order valence-corrected chi connectivity index (χ0v) is 14.2. The smallest absolute Gasteiger partial charge is 0.272 e. The maximum Gasteiger partial charge on any atom is 0.272 e. The standard InChI is InChI=1S/C20H25N3O/c1-23(15-16-8-4-2-5-9-16)20(24)19-14-18(12-13-21-19)22-17-10-6-3-7-11-17/h2,4-5,8-9,12-14,17H,3,6-7,10-11,15H2,1H3,(H,21,22). The van der Waals surface area contributed by atoms with Crippen LogP contribution in [0.15, 0.2) is 48.7 Å². The first kappa shape index (κ1) is 16.5. The molecule has 2 aromatic rings. The van der Waals surface area contributed by atoms with E-state index in [1.54, 1.807) is 11.1 Å². The number of hydrogen-bond acceptors (Lipinski definition) is 3. The lowest BCUT2D eigenvalue weighted by Crippen LogP contribution is -2.27. The zero-order valence-electron chi connectivity index (χ0n) is 14.2. The van der Waals surface area contributed by atoms with Gasteiger partial charge in [-0.25, -0.2) is 0 Å². The summed E-state index contributed by atoms with van der Waals surface area (Å²) in [5.41, 5.74) is 2.60. The van der Waals surface area contributed by atoms with Crippen molar-refractivity contribution in [3.63, 3.8) is 0 Å². The number of amides is 1. The molecular formula is C20H25N3O. The van der Waals surface area contributed by atoms with Gasteiger partial charge >= 0.3 is 0 Å². The number of benzene rings is 1. The van der Waals surface area contributed by atoms with E-state index in [2.05, 4.69) is 10.3 Å². The van der Waals surface area contributed by atoms with E-state index in [0.29, 0.717) is 18.3 Å². The SMILES string of the molecule is CN(Cc1ccccc1)C(=O)c1cc(NC2CCCCC2)ccn1. The highest BCUT2D eigenvalue weighted by molar-refractivity contribution is 5.92. The molecule has 1 aromatic carbocycles. The molecule has 1 aliphatic carbocycles. The molecule has 3 rings (SSSR count). The van der Waals surface area contributed by atoms with Crippen molar-refractivity contribution in [3.8, 4) is 0 Å². The molecule has 1 aromatic heterocycles. The topological polar surface area (TPSA) is 45.2 Å². The van der Waals surface area contributed by atoms with Crippen molar-refractivity contribution in [2.75, 3.05) is 12.4 Å². The monoisotopic (exact) mass is 323 g/mol. The molecule has 24 heavy (non-hydrogen) atoms. The molecule has 1 fully saturated rings. The predicted octanol–water partition coefficient (Wildman–Crippen LogP) is 4.10. The molecule has 0 aliphatic heterocycles. The molecule has 1 heterocycles. The van der Waals surface area contributed by atoms with E-state index in [1.807, 2.05) is 49.5 Å². The summed E-state index contributed by atoms with van der Waals surface area (Å²) in [6.45, 7) is 0.585. The molecule has 4 nitrogen and oxygen atoms in total. The highest BCUT2D eigenvalue weighted by Crippen LogP contribution is 2.22. The first-order chi connectivity index (χ1) is 11.7. The Labute approximate surface area is 143 Å². The van der Waals surface area contributed by atoms with Gasteiger partial charge in [0.05, 0.1) is 0 Å². The fourth-order valence-electron chi connectivity index (χ4n) is 3.24. The summed E-state index contributed by atoms with van der Waals surface area (Å²) < 4.78 is 0.